The summed E-state index contributed by atoms with van der Waals surface area (Å²) in [5.41, 5.74) is 3.39. The molecule has 0 aliphatic rings. The first-order valence-corrected chi connectivity index (χ1v) is 8.66. The highest BCUT2D eigenvalue weighted by atomic mass is 16.1. The Labute approximate surface area is 153 Å². The van der Waals surface area contributed by atoms with Gasteiger partial charge in [-0.3, -0.25) is 4.79 Å². The fourth-order valence-corrected chi connectivity index (χ4v) is 2.67. The molecule has 0 unspecified atom stereocenters. The van der Waals surface area contributed by atoms with Gasteiger partial charge in [0.15, 0.2) is 5.82 Å². The molecule has 0 saturated carbocycles. The van der Waals surface area contributed by atoms with Crippen LogP contribution in [-0.2, 0) is 17.6 Å². The highest BCUT2D eigenvalue weighted by Gasteiger charge is 2.06. The minimum Gasteiger partial charge on any atom is -0.368 e. The lowest BCUT2D eigenvalue weighted by Crippen LogP contribution is -2.16. The molecule has 132 valence electrons. The minimum atomic E-state index is -0.102. The van der Waals surface area contributed by atoms with Crippen molar-refractivity contribution >= 4 is 17.5 Å². The van der Waals surface area contributed by atoms with E-state index in [-0.39, 0.29) is 5.91 Å². The average Bonchev–Trinajstić information content (AvgIpc) is 2.64. The molecule has 0 radical (unpaired) electrons. The quantitative estimate of drug-likeness (QED) is 0.686. The van der Waals surface area contributed by atoms with Gasteiger partial charge in [0.25, 0.3) is 0 Å². The van der Waals surface area contributed by atoms with Crippen molar-refractivity contribution in [3.05, 3.63) is 83.4 Å². The summed E-state index contributed by atoms with van der Waals surface area (Å²) in [6.07, 6.45) is 1.23. The molecule has 26 heavy (non-hydrogen) atoms. The monoisotopic (exact) mass is 346 g/mol. The van der Waals surface area contributed by atoms with Crippen molar-refractivity contribution < 1.29 is 4.79 Å². The van der Waals surface area contributed by atoms with Gasteiger partial charge >= 0.3 is 0 Å². The minimum absolute atomic E-state index is 0.102. The standard InChI is InChI=1S/C21H22N4O/c1-16-6-5-9-18(14-16)15-21(26)23-20-11-10-19(24-25-20)22-13-12-17-7-3-2-4-8-17/h2-11,14H,12-13,15H2,1H3,(H,22,24)(H,23,25,26). The van der Waals surface area contributed by atoms with Crippen LogP contribution in [0.2, 0.25) is 0 Å². The van der Waals surface area contributed by atoms with Crippen LogP contribution in [0.4, 0.5) is 11.6 Å². The molecule has 1 aromatic heterocycles. The van der Waals surface area contributed by atoms with Crippen LogP contribution in [0.15, 0.2) is 66.7 Å². The molecule has 3 aromatic rings. The summed E-state index contributed by atoms with van der Waals surface area (Å²) in [5.74, 6) is 1.04. The number of aryl methyl sites for hydroxylation is 1. The summed E-state index contributed by atoms with van der Waals surface area (Å²) in [6.45, 7) is 2.79. The number of amides is 1. The van der Waals surface area contributed by atoms with E-state index in [9.17, 15) is 4.79 Å². The van der Waals surface area contributed by atoms with Crippen LogP contribution in [0.3, 0.4) is 0 Å². The fourth-order valence-electron chi connectivity index (χ4n) is 2.67. The Morgan fingerprint density at radius 1 is 0.885 bits per heavy atom. The molecule has 0 saturated heterocycles. The Morgan fingerprint density at radius 3 is 2.35 bits per heavy atom. The van der Waals surface area contributed by atoms with Gasteiger partial charge in [-0.05, 0) is 36.6 Å². The van der Waals surface area contributed by atoms with E-state index in [0.717, 1.165) is 24.1 Å². The molecule has 5 nitrogen and oxygen atoms in total. The summed E-state index contributed by atoms with van der Waals surface area (Å²) >= 11 is 0. The molecule has 2 N–H and O–H groups in total. The largest absolute Gasteiger partial charge is 0.368 e. The third-order valence-corrected chi connectivity index (χ3v) is 3.94. The van der Waals surface area contributed by atoms with Crippen LogP contribution in [0.5, 0.6) is 0 Å². The van der Waals surface area contributed by atoms with Crippen LogP contribution in [0.1, 0.15) is 16.7 Å². The van der Waals surface area contributed by atoms with Crippen LogP contribution in [0.25, 0.3) is 0 Å². The molecule has 5 heteroatoms. The van der Waals surface area contributed by atoms with Gasteiger partial charge in [0.1, 0.15) is 5.82 Å². The molecule has 0 aliphatic carbocycles. The first-order chi connectivity index (χ1) is 12.7. The van der Waals surface area contributed by atoms with E-state index in [1.807, 2.05) is 55.5 Å². The maximum absolute atomic E-state index is 12.1. The summed E-state index contributed by atoms with van der Waals surface area (Å²) < 4.78 is 0. The van der Waals surface area contributed by atoms with Crippen molar-refractivity contribution in [2.45, 2.75) is 19.8 Å². The van der Waals surface area contributed by atoms with E-state index in [1.165, 1.54) is 5.56 Å². The zero-order chi connectivity index (χ0) is 18.2. The molecule has 1 heterocycles. The summed E-state index contributed by atoms with van der Waals surface area (Å²) in [5, 5.41) is 14.2. The van der Waals surface area contributed by atoms with Crippen molar-refractivity contribution in [1.82, 2.24) is 10.2 Å². The predicted molar refractivity (Wildman–Crippen MR) is 104 cm³/mol. The highest BCUT2D eigenvalue weighted by Crippen LogP contribution is 2.09. The van der Waals surface area contributed by atoms with Gasteiger partial charge in [-0.1, -0.05) is 60.2 Å². The van der Waals surface area contributed by atoms with Gasteiger partial charge in [-0.2, -0.15) is 0 Å². The second-order valence-corrected chi connectivity index (χ2v) is 6.18. The number of carbonyl (C=O) groups is 1. The van der Waals surface area contributed by atoms with Gasteiger partial charge in [0.05, 0.1) is 6.42 Å². The number of aromatic nitrogens is 2. The first-order valence-electron chi connectivity index (χ1n) is 8.66. The molecule has 0 atom stereocenters. The number of rotatable bonds is 7. The van der Waals surface area contributed by atoms with Gasteiger partial charge in [0.2, 0.25) is 5.91 Å². The van der Waals surface area contributed by atoms with Crippen molar-refractivity contribution in [2.24, 2.45) is 0 Å². The van der Waals surface area contributed by atoms with Crippen LogP contribution in [0, 0.1) is 6.92 Å². The topological polar surface area (TPSA) is 66.9 Å². The summed E-state index contributed by atoms with van der Waals surface area (Å²) in [4.78, 5) is 12.1. The molecule has 2 aromatic carbocycles. The maximum Gasteiger partial charge on any atom is 0.229 e. The molecule has 0 spiro atoms. The van der Waals surface area contributed by atoms with Gasteiger partial charge < -0.3 is 10.6 Å². The fraction of sp³-hybridized carbons (Fsp3) is 0.190. The van der Waals surface area contributed by atoms with Crippen molar-refractivity contribution in [3.8, 4) is 0 Å². The predicted octanol–water partition coefficient (Wildman–Crippen LogP) is 3.62. The van der Waals surface area contributed by atoms with Crippen LogP contribution < -0.4 is 10.6 Å². The highest BCUT2D eigenvalue weighted by molar-refractivity contribution is 5.91. The van der Waals surface area contributed by atoms with Crippen molar-refractivity contribution in [1.29, 1.82) is 0 Å². The van der Waals surface area contributed by atoms with Crippen LogP contribution >= 0.6 is 0 Å². The van der Waals surface area contributed by atoms with E-state index >= 15 is 0 Å². The number of anilines is 2. The number of carbonyl (C=O) groups excluding carboxylic acids is 1. The molecule has 3 rings (SSSR count). The Bertz CT molecular complexity index is 847. The van der Waals surface area contributed by atoms with E-state index < -0.39 is 0 Å². The third-order valence-electron chi connectivity index (χ3n) is 3.94. The molecule has 1 amide bonds. The number of nitrogens with one attached hydrogen (secondary N) is 2. The summed E-state index contributed by atoms with van der Waals surface area (Å²) in [6, 6.07) is 21.8. The molecular weight excluding hydrogens is 324 g/mol. The zero-order valence-electron chi connectivity index (χ0n) is 14.8. The Morgan fingerprint density at radius 2 is 1.62 bits per heavy atom. The zero-order valence-corrected chi connectivity index (χ0v) is 14.8. The molecule has 0 bridgehead atoms. The van der Waals surface area contributed by atoms with Crippen molar-refractivity contribution in [3.63, 3.8) is 0 Å². The number of hydrogen-bond acceptors (Lipinski definition) is 4. The lowest BCUT2D eigenvalue weighted by atomic mass is 10.1. The second kappa shape index (κ2) is 8.76. The normalized spacial score (nSPS) is 10.3. The second-order valence-electron chi connectivity index (χ2n) is 6.18. The maximum atomic E-state index is 12.1. The van der Waals surface area contributed by atoms with E-state index in [4.69, 9.17) is 0 Å². The van der Waals surface area contributed by atoms with Crippen LogP contribution in [-0.4, -0.2) is 22.6 Å². The molecule has 0 fully saturated rings. The average molecular weight is 346 g/mol. The smallest absolute Gasteiger partial charge is 0.229 e. The van der Waals surface area contributed by atoms with Gasteiger partial charge in [-0.15, -0.1) is 10.2 Å². The van der Waals surface area contributed by atoms with E-state index in [2.05, 4.69) is 33.0 Å². The molecule has 0 aliphatic heterocycles. The Balaban J connectivity index is 1.47. The van der Waals surface area contributed by atoms with E-state index in [0.29, 0.717) is 18.1 Å². The first kappa shape index (κ1) is 17.6. The number of nitrogens with zero attached hydrogens (tertiary/aromatic N) is 2. The Hall–Kier alpha value is -3.21. The SMILES string of the molecule is Cc1cccc(CC(=O)Nc2ccc(NCCc3ccccc3)nn2)c1. The Kier molecular flexibility index (Phi) is 5.93. The molecular formula is C21H22N4O. The third kappa shape index (κ3) is 5.41. The number of benzene rings is 2. The number of hydrogen-bond donors (Lipinski definition) is 2. The lowest BCUT2D eigenvalue weighted by molar-refractivity contribution is -0.115. The van der Waals surface area contributed by atoms with E-state index in [1.54, 1.807) is 6.07 Å². The van der Waals surface area contributed by atoms with Crippen molar-refractivity contribution in [2.75, 3.05) is 17.2 Å². The summed E-state index contributed by atoms with van der Waals surface area (Å²) in [7, 11) is 0. The van der Waals surface area contributed by atoms with Gasteiger partial charge in [0, 0.05) is 6.54 Å². The lowest BCUT2D eigenvalue weighted by Gasteiger charge is -2.07. The van der Waals surface area contributed by atoms with Gasteiger partial charge in [-0.25, -0.2) is 0 Å².